The summed E-state index contributed by atoms with van der Waals surface area (Å²) >= 11 is 0. The fourth-order valence-corrected chi connectivity index (χ4v) is 3.91. The van der Waals surface area contributed by atoms with E-state index in [9.17, 15) is 22.0 Å². The molecule has 3 rings (SSSR count). The minimum absolute atomic E-state index is 0.0109. The summed E-state index contributed by atoms with van der Waals surface area (Å²) in [4.78, 5) is 19.0. The van der Waals surface area contributed by atoms with E-state index in [0.717, 1.165) is 25.3 Å². The number of furan rings is 1. The number of nitrogens with zero attached hydrogens (tertiary/aromatic N) is 2. The van der Waals surface area contributed by atoms with Crippen LogP contribution in [-0.2, 0) is 19.4 Å². The highest BCUT2D eigenvalue weighted by atomic mass is 32.2. The van der Waals surface area contributed by atoms with Gasteiger partial charge in [0, 0.05) is 18.5 Å². The summed E-state index contributed by atoms with van der Waals surface area (Å²) in [6, 6.07) is 7.57. The van der Waals surface area contributed by atoms with Gasteiger partial charge in [-0.1, -0.05) is 6.07 Å². The molecule has 30 heavy (non-hydrogen) atoms. The topological polar surface area (TPSA) is 99.4 Å². The van der Waals surface area contributed by atoms with Crippen molar-refractivity contribution in [1.82, 2.24) is 9.97 Å². The summed E-state index contributed by atoms with van der Waals surface area (Å²) < 4.78 is 63.6. The number of halogens is 2. The molecule has 0 fully saturated rings. The van der Waals surface area contributed by atoms with Crippen LogP contribution in [0.2, 0.25) is 0 Å². The zero-order chi connectivity index (χ0) is 21.7. The predicted molar refractivity (Wildman–Crippen MR) is 104 cm³/mol. The van der Waals surface area contributed by atoms with Crippen LogP contribution in [0.15, 0.2) is 53.2 Å². The highest BCUT2D eigenvalue weighted by Crippen LogP contribution is 2.30. The molecule has 0 radical (unpaired) electrons. The molecule has 2 heterocycles. The quantitative estimate of drug-likeness (QED) is 0.525. The van der Waals surface area contributed by atoms with Crippen molar-refractivity contribution in [2.45, 2.75) is 6.42 Å². The Bertz CT molecular complexity index is 1170. The van der Waals surface area contributed by atoms with Gasteiger partial charge in [-0.25, -0.2) is 27.2 Å². The minimum atomic E-state index is -4.02. The molecular formula is C20H16F2N2O5S. The van der Waals surface area contributed by atoms with Crippen molar-refractivity contribution < 1.29 is 31.1 Å². The smallest absolute Gasteiger partial charge is 0.306 e. The third-order valence-corrected chi connectivity index (χ3v) is 5.75. The van der Waals surface area contributed by atoms with Gasteiger partial charge in [0.05, 0.1) is 24.8 Å². The Labute approximate surface area is 171 Å². The van der Waals surface area contributed by atoms with Crippen molar-refractivity contribution in [1.29, 1.82) is 0 Å². The molecule has 0 saturated carbocycles. The first-order valence-electron chi connectivity index (χ1n) is 8.64. The van der Waals surface area contributed by atoms with Crippen molar-refractivity contribution in [2.24, 2.45) is 0 Å². The van der Waals surface area contributed by atoms with Crippen molar-refractivity contribution in [3.63, 3.8) is 0 Å². The number of rotatable bonds is 7. The zero-order valence-corrected chi connectivity index (χ0v) is 16.5. The van der Waals surface area contributed by atoms with Gasteiger partial charge < -0.3 is 9.15 Å². The lowest BCUT2D eigenvalue weighted by molar-refractivity contribution is -0.140. The first-order chi connectivity index (χ1) is 14.3. The standard InChI is InChI=1S/C20H16F2N2O5S/c1-28-18(25)8-11-30(26,27)17(20-23-9-3-10-24-20)12-13-6-7-16(29-13)19-14(21)4-2-5-15(19)22/h2-7,9-10,12H,8,11H2,1H3/b17-12+. The van der Waals surface area contributed by atoms with Crippen LogP contribution in [0, 0.1) is 11.6 Å². The molecule has 0 spiro atoms. The molecule has 3 aromatic rings. The summed E-state index contributed by atoms with van der Waals surface area (Å²) in [5.74, 6) is -3.10. The Morgan fingerprint density at radius 2 is 1.77 bits per heavy atom. The number of carbonyl (C=O) groups is 1. The van der Waals surface area contributed by atoms with Crippen LogP contribution in [0.5, 0.6) is 0 Å². The summed E-state index contributed by atoms with van der Waals surface area (Å²) in [5.41, 5.74) is -0.372. The Balaban J connectivity index is 2.03. The number of methoxy groups -OCH3 is 1. The second kappa shape index (κ2) is 8.95. The lowest BCUT2D eigenvalue weighted by Gasteiger charge is -2.07. The van der Waals surface area contributed by atoms with E-state index in [0.29, 0.717) is 0 Å². The average Bonchev–Trinajstić information content (AvgIpc) is 3.19. The molecule has 0 N–H and O–H groups in total. The van der Waals surface area contributed by atoms with E-state index in [1.165, 1.54) is 36.7 Å². The molecule has 0 bridgehead atoms. The molecule has 1 aromatic carbocycles. The van der Waals surface area contributed by atoms with E-state index >= 15 is 0 Å². The maximum Gasteiger partial charge on any atom is 0.306 e. The van der Waals surface area contributed by atoms with Crippen LogP contribution in [0.3, 0.4) is 0 Å². The van der Waals surface area contributed by atoms with Crippen molar-refractivity contribution in [3.05, 3.63) is 72.0 Å². The maximum atomic E-state index is 14.0. The Morgan fingerprint density at radius 1 is 1.10 bits per heavy atom. The van der Waals surface area contributed by atoms with Crippen molar-refractivity contribution in [3.8, 4) is 11.3 Å². The van der Waals surface area contributed by atoms with Gasteiger partial charge in [0.2, 0.25) is 0 Å². The maximum absolute atomic E-state index is 14.0. The van der Waals surface area contributed by atoms with E-state index in [1.54, 1.807) is 0 Å². The number of aromatic nitrogens is 2. The van der Waals surface area contributed by atoms with E-state index in [-0.39, 0.29) is 34.2 Å². The first-order valence-corrected chi connectivity index (χ1v) is 10.3. The third kappa shape index (κ3) is 4.77. The zero-order valence-electron chi connectivity index (χ0n) is 15.7. The minimum Gasteiger partial charge on any atom is -0.469 e. The van der Waals surface area contributed by atoms with Gasteiger partial charge in [0.1, 0.15) is 28.1 Å². The van der Waals surface area contributed by atoms with Gasteiger partial charge in [-0.05, 0) is 30.3 Å². The molecule has 156 valence electrons. The Kier molecular flexibility index (Phi) is 6.36. The Morgan fingerprint density at radius 3 is 2.40 bits per heavy atom. The lowest BCUT2D eigenvalue weighted by Crippen LogP contribution is -2.14. The number of ether oxygens (including phenoxy) is 1. The van der Waals surface area contributed by atoms with Gasteiger partial charge in [-0.2, -0.15) is 0 Å². The summed E-state index contributed by atoms with van der Waals surface area (Å²) in [6.45, 7) is 0. The van der Waals surface area contributed by atoms with Gasteiger partial charge in [-0.3, -0.25) is 4.79 Å². The summed E-state index contributed by atoms with van der Waals surface area (Å²) in [7, 11) is -2.87. The van der Waals surface area contributed by atoms with Crippen molar-refractivity contribution in [2.75, 3.05) is 12.9 Å². The van der Waals surface area contributed by atoms with Crippen LogP contribution < -0.4 is 0 Å². The molecule has 0 saturated heterocycles. The van der Waals surface area contributed by atoms with E-state index in [4.69, 9.17) is 4.42 Å². The van der Waals surface area contributed by atoms with E-state index in [1.807, 2.05) is 0 Å². The van der Waals surface area contributed by atoms with Crippen molar-refractivity contribution >= 4 is 26.8 Å². The van der Waals surface area contributed by atoms with Crippen LogP contribution >= 0.6 is 0 Å². The second-order valence-electron chi connectivity index (χ2n) is 6.02. The lowest BCUT2D eigenvalue weighted by atomic mass is 10.1. The third-order valence-electron chi connectivity index (χ3n) is 4.03. The first kappa shape index (κ1) is 21.3. The molecule has 10 heteroatoms. The molecule has 0 aliphatic rings. The molecule has 7 nitrogen and oxygen atoms in total. The van der Waals surface area contributed by atoms with Gasteiger partial charge in [0.25, 0.3) is 0 Å². The van der Waals surface area contributed by atoms with Gasteiger partial charge >= 0.3 is 5.97 Å². The summed E-state index contributed by atoms with van der Waals surface area (Å²) in [6.07, 6.45) is 3.49. The number of sulfone groups is 1. The molecule has 0 amide bonds. The van der Waals surface area contributed by atoms with Crippen LogP contribution in [0.4, 0.5) is 8.78 Å². The van der Waals surface area contributed by atoms with E-state index < -0.39 is 33.2 Å². The highest BCUT2D eigenvalue weighted by Gasteiger charge is 2.24. The highest BCUT2D eigenvalue weighted by molar-refractivity contribution is 8.00. The number of hydrogen-bond acceptors (Lipinski definition) is 7. The SMILES string of the molecule is COC(=O)CCS(=O)(=O)/C(=C/c1ccc(-c2c(F)cccc2F)o1)c1ncccn1. The molecule has 0 unspecified atom stereocenters. The number of carbonyl (C=O) groups excluding carboxylic acids is 1. The normalized spacial score (nSPS) is 12.0. The molecule has 0 aliphatic carbocycles. The van der Waals surface area contributed by atoms with Crippen LogP contribution in [0.1, 0.15) is 18.0 Å². The van der Waals surface area contributed by atoms with Crippen LogP contribution in [-0.4, -0.2) is 37.2 Å². The fraction of sp³-hybridized carbons (Fsp3) is 0.150. The number of hydrogen-bond donors (Lipinski definition) is 0. The monoisotopic (exact) mass is 434 g/mol. The second-order valence-corrected chi connectivity index (χ2v) is 8.10. The number of esters is 1. The molecule has 0 aliphatic heterocycles. The molecule has 0 atom stereocenters. The fourth-order valence-electron chi connectivity index (χ4n) is 2.58. The largest absolute Gasteiger partial charge is 0.469 e. The Hall–Kier alpha value is -3.40. The summed E-state index contributed by atoms with van der Waals surface area (Å²) in [5, 5.41) is 0. The molecular weight excluding hydrogens is 418 g/mol. The molecule has 2 aromatic heterocycles. The number of benzene rings is 1. The average molecular weight is 434 g/mol. The van der Waals surface area contributed by atoms with Crippen LogP contribution in [0.25, 0.3) is 22.3 Å². The van der Waals surface area contributed by atoms with Gasteiger partial charge in [-0.15, -0.1) is 0 Å². The van der Waals surface area contributed by atoms with Gasteiger partial charge in [0.15, 0.2) is 15.7 Å². The van der Waals surface area contributed by atoms with E-state index in [2.05, 4.69) is 14.7 Å². The predicted octanol–water partition coefficient (Wildman–Crippen LogP) is 3.49.